The zero-order chi connectivity index (χ0) is 20.4. The molecule has 0 aliphatic carbocycles. The number of carbonyl (C=O) groups excluding carboxylic acids is 1. The molecule has 0 spiro atoms. The molecule has 1 aliphatic rings. The van der Waals surface area contributed by atoms with Gasteiger partial charge in [-0.3, -0.25) is 19.5 Å². The Kier molecular flexibility index (Phi) is 5.00. The number of nitro benzene ring substituents is 1. The van der Waals surface area contributed by atoms with Gasteiger partial charge in [-0.05, 0) is 12.1 Å². The Bertz CT molecular complexity index is 1150. The molecule has 0 saturated carbocycles. The van der Waals surface area contributed by atoms with E-state index in [4.69, 9.17) is 18.6 Å². The molecule has 0 amide bonds. The van der Waals surface area contributed by atoms with E-state index in [2.05, 4.69) is 0 Å². The molecule has 150 valence electrons. The Balaban J connectivity index is 1.44. The Labute approximate surface area is 163 Å². The number of rotatable bonds is 6. The van der Waals surface area contributed by atoms with E-state index in [1.807, 2.05) is 0 Å². The van der Waals surface area contributed by atoms with E-state index in [0.717, 1.165) is 0 Å². The van der Waals surface area contributed by atoms with Crippen molar-refractivity contribution in [3.63, 3.8) is 0 Å². The third kappa shape index (κ3) is 3.83. The van der Waals surface area contributed by atoms with Gasteiger partial charge in [-0.15, -0.1) is 0 Å². The van der Waals surface area contributed by atoms with Crippen LogP contribution < -0.4 is 10.5 Å². The molecule has 3 aromatic rings. The highest BCUT2D eigenvalue weighted by atomic mass is 16.7. The highest BCUT2D eigenvalue weighted by molar-refractivity contribution is 5.73. The maximum Gasteiger partial charge on any atom is 0.419 e. The molecule has 0 fully saturated rings. The maximum atomic E-state index is 12.2. The molecule has 1 aromatic heterocycles. The molecule has 2 heterocycles. The molecule has 0 saturated heterocycles. The zero-order valence-electron chi connectivity index (χ0n) is 15.2. The SMILES string of the molecule is O=C(CCn1c(=O)oc2ccccc21)OCc1cc([N+](=O)[O-])cc2c1OCOC2. The second-order valence-electron chi connectivity index (χ2n) is 6.36. The van der Waals surface area contributed by atoms with E-state index in [-0.39, 0.29) is 38.7 Å². The summed E-state index contributed by atoms with van der Waals surface area (Å²) < 4.78 is 22.3. The van der Waals surface area contributed by atoms with Crippen LogP contribution in [0.3, 0.4) is 0 Å². The van der Waals surface area contributed by atoms with Crippen LogP contribution in [0, 0.1) is 10.1 Å². The third-order valence-corrected chi connectivity index (χ3v) is 4.48. The monoisotopic (exact) mass is 400 g/mol. The second kappa shape index (κ2) is 7.76. The summed E-state index contributed by atoms with van der Waals surface area (Å²) in [4.78, 5) is 34.7. The number of ether oxygens (including phenoxy) is 3. The van der Waals surface area contributed by atoms with Gasteiger partial charge in [0.2, 0.25) is 0 Å². The molecule has 0 unspecified atom stereocenters. The second-order valence-corrected chi connectivity index (χ2v) is 6.36. The molecule has 0 radical (unpaired) electrons. The minimum absolute atomic E-state index is 0.0161. The van der Waals surface area contributed by atoms with Gasteiger partial charge in [-0.2, -0.15) is 0 Å². The largest absolute Gasteiger partial charge is 0.467 e. The molecule has 0 N–H and O–H groups in total. The molecular formula is C19H16N2O8. The predicted octanol–water partition coefficient (Wildman–Crippen LogP) is 2.50. The number of hydrogen-bond acceptors (Lipinski definition) is 8. The normalized spacial score (nSPS) is 13.0. The van der Waals surface area contributed by atoms with Crippen molar-refractivity contribution in [2.45, 2.75) is 26.2 Å². The van der Waals surface area contributed by atoms with E-state index in [9.17, 15) is 19.7 Å². The van der Waals surface area contributed by atoms with E-state index in [1.54, 1.807) is 24.3 Å². The van der Waals surface area contributed by atoms with Crippen molar-refractivity contribution < 1.29 is 28.3 Å². The highest BCUT2D eigenvalue weighted by Crippen LogP contribution is 2.33. The fraction of sp³-hybridized carbons (Fsp3) is 0.263. The number of nitro groups is 1. The number of para-hydroxylation sites is 2. The molecule has 0 atom stereocenters. The summed E-state index contributed by atoms with van der Waals surface area (Å²) in [6.07, 6.45) is -0.0650. The first-order valence-electron chi connectivity index (χ1n) is 8.77. The zero-order valence-corrected chi connectivity index (χ0v) is 15.2. The first kappa shape index (κ1) is 18.7. The molecule has 0 bridgehead atoms. The van der Waals surface area contributed by atoms with Gasteiger partial charge in [0.15, 0.2) is 12.4 Å². The topological polar surface area (TPSA) is 123 Å². The summed E-state index contributed by atoms with van der Waals surface area (Å²) >= 11 is 0. The average Bonchev–Trinajstić information content (AvgIpc) is 3.05. The Hall–Kier alpha value is -3.66. The summed E-state index contributed by atoms with van der Waals surface area (Å²) in [7, 11) is 0. The lowest BCUT2D eigenvalue weighted by Crippen LogP contribution is -2.18. The van der Waals surface area contributed by atoms with Gasteiger partial charge in [0.1, 0.15) is 12.4 Å². The predicted molar refractivity (Wildman–Crippen MR) is 98.3 cm³/mol. The first-order valence-corrected chi connectivity index (χ1v) is 8.77. The number of nitrogens with zero attached hydrogens (tertiary/aromatic N) is 2. The molecule has 4 rings (SSSR count). The highest BCUT2D eigenvalue weighted by Gasteiger charge is 2.22. The van der Waals surface area contributed by atoms with Crippen molar-refractivity contribution in [1.29, 1.82) is 0 Å². The summed E-state index contributed by atoms with van der Waals surface area (Å²) in [6, 6.07) is 9.58. The summed E-state index contributed by atoms with van der Waals surface area (Å²) in [5.41, 5.74) is 1.80. The Morgan fingerprint density at radius 1 is 1.28 bits per heavy atom. The van der Waals surface area contributed by atoms with Crippen LogP contribution in [0.15, 0.2) is 45.6 Å². The van der Waals surface area contributed by atoms with Crippen molar-refractivity contribution >= 4 is 22.8 Å². The minimum Gasteiger partial charge on any atom is -0.467 e. The van der Waals surface area contributed by atoms with Crippen LogP contribution in [0.2, 0.25) is 0 Å². The van der Waals surface area contributed by atoms with E-state index in [0.29, 0.717) is 28.0 Å². The van der Waals surface area contributed by atoms with Crippen LogP contribution in [0.25, 0.3) is 11.1 Å². The van der Waals surface area contributed by atoms with Gasteiger partial charge >= 0.3 is 11.7 Å². The first-order chi connectivity index (χ1) is 14.0. The van der Waals surface area contributed by atoms with Gasteiger partial charge < -0.3 is 18.6 Å². The number of non-ortho nitro benzene ring substituents is 1. The molecule has 1 aliphatic heterocycles. The molecule has 10 heteroatoms. The maximum absolute atomic E-state index is 12.2. The smallest absolute Gasteiger partial charge is 0.419 e. The average molecular weight is 400 g/mol. The van der Waals surface area contributed by atoms with Gasteiger partial charge in [0.05, 0.1) is 23.5 Å². The molecule has 29 heavy (non-hydrogen) atoms. The quantitative estimate of drug-likeness (QED) is 0.351. The fourth-order valence-corrected chi connectivity index (χ4v) is 3.15. The van der Waals surface area contributed by atoms with Crippen molar-refractivity contribution in [1.82, 2.24) is 4.57 Å². The van der Waals surface area contributed by atoms with Crippen molar-refractivity contribution in [3.8, 4) is 5.75 Å². The lowest BCUT2D eigenvalue weighted by atomic mass is 10.1. The number of benzene rings is 2. The standard InChI is InChI=1S/C19H16N2O8/c22-17(5-6-20-15-3-1-2-4-16(15)29-19(20)23)27-10-13-8-14(21(24)25)7-12-9-26-11-28-18(12)13/h1-4,7-8H,5-6,9-11H2. The Morgan fingerprint density at radius 2 is 2.10 bits per heavy atom. The summed E-state index contributed by atoms with van der Waals surface area (Å²) in [5, 5.41) is 11.1. The van der Waals surface area contributed by atoms with Crippen molar-refractivity contribution in [2.75, 3.05) is 6.79 Å². The number of oxazole rings is 1. The third-order valence-electron chi connectivity index (χ3n) is 4.48. The number of carbonyl (C=O) groups is 1. The summed E-state index contributed by atoms with van der Waals surface area (Å²) in [5.74, 6) is -0.693. The number of hydrogen-bond donors (Lipinski definition) is 0. The van der Waals surface area contributed by atoms with E-state index < -0.39 is 16.6 Å². The van der Waals surface area contributed by atoms with Crippen LogP contribution in [0.1, 0.15) is 17.5 Å². The summed E-state index contributed by atoms with van der Waals surface area (Å²) in [6.45, 7) is 0.0899. The van der Waals surface area contributed by atoms with Crippen LogP contribution in [-0.2, 0) is 34.0 Å². The lowest BCUT2D eigenvalue weighted by Gasteiger charge is -2.20. The molecular weight excluding hydrogens is 384 g/mol. The number of fused-ring (bicyclic) bond motifs is 2. The van der Waals surface area contributed by atoms with Crippen LogP contribution in [0.5, 0.6) is 5.75 Å². The Morgan fingerprint density at radius 3 is 2.93 bits per heavy atom. The molecule has 2 aromatic carbocycles. The minimum atomic E-state index is -0.561. The van der Waals surface area contributed by atoms with Crippen molar-refractivity contribution in [3.05, 3.63) is 68.2 Å². The van der Waals surface area contributed by atoms with E-state index >= 15 is 0 Å². The van der Waals surface area contributed by atoms with Crippen LogP contribution in [0.4, 0.5) is 5.69 Å². The number of aryl methyl sites for hydroxylation is 1. The van der Waals surface area contributed by atoms with E-state index in [1.165, 1.54) is 16.7 Å². The van der Waals surface area contributed by atoms with Gasteiger partial charge in [-0.1, -0.05) is 12.1 Å². The van der Waals surface area contributed by atoms with Crippen LogP contribution >= 0.6 is 0 Å². The van der Waals surface area contributed by atoms with Gasteiger partial charge in [0.25, 0.3) is 5.69 Å². The molecule has 10 nitrogen and oxygen atoms in total. The lowest BCUT2D eigenvalue weighted by molar-refractivity contribution is -0.385. The fourth-order valence-electron chi connectivity index (χ4n) is 3.15. The van der Waals surface area contributed by atoms with Gasteiger partial charge in [-0.25, -0.2) is 4.79 Å². The van der Waals surface area contributed by atoms with Crippen LogP contribution in [-0.4, -0.2) is 22.3 Å². The van der Waals surface area contributed by atoms with Crippen molar-refractivity contribution in [2.24, 2.45) is 0 Å². The number of esters is 1. The van der Waals surface area contributed by atoms with Gasteiger partial charge in [0, 0.05) is 29.8 Å². The number of aromatic nitrogens is 1.